The molecule has 1 heterocycles. The molecular formula is C8H13F3N2O. The maximum atomic E-state index is 12.2. The quantitative estimate of drug-likeness (QED) is 0.667. The molecule has 14 heavy (non-hydrogen) atoms. The maximum Gasteiger partial charge on any atom is 0.393 e. The van der Waals surface area contributed by atoms with Gasteiger partial charge in [0.15, 0.2) is 0 Å². The summed E-state index contributed by atoms with van der Waals surface area (Å²) in [5.41, 5.74) is 0. The summed E-state index contributed by atoms with van der Waals surface area (Å²) in [6.07, 6.45) is -3.89. The molecule has 1 amide bonds. The van der Waals surface area contributed by atoms with Crippen molar-refractivity contribution in [3.8, 4) is 0 Å². The van der Waals surface area contributed by atoms with E-state index in [1.165, 1.54) is 7.05 Å². The minimum Gasteiger partial charge on any atom is -0.358 e. The molecular weight excluding hydrogens is 197 g/mol. The van der Waals surface area contributed by atoms with E-state index in [1.54, 1.807) is 0 Å². The molecule has 3 nitrogen and oxygen atoms in total. The Morgan fingerprint density at radius 3 is 2.43 bits per heavy atom. The summed E-state index contributed by atoms with van der Waals surface area (Å²) in [6.45, 7) is -0.165. The highest BCUT2D eigenvalue weighted by atomic mass is 19.4. The van der Waals surface area contributed by atoms with Crippen LogP contribution in [0.4, 0.5) is 13.2 Å². The number of hydrogen-bond donors (Lipinski definition) is 2. The standard InChI is InChI=1S/C8H13F3N2O/c1-12-7(14)6-3-2-5(4-13-6)8(9,10)11/h5-6,13H,2-4H2,1H3,(H,12,14). The van der Waals surface area contributed by atoms with Gasteiger partial charge in [-0.15, -0.1) is 0 Å². The number of nitrogens with one attached hydrogen (secondary N) is 2. The van der Waals surface area contributed by atoms with Gasteiger partial charge in [-0.1, -0.05) is 0 Å². The summed E-state index contributed by atoms with van der Waals surface area (Å²) >= 11 is 0. The molecule has 2 N–H and O–H groups in total. The first kappa shape index (κ1) is 11.3. The van der Waals surface area contributed by atoms with Crippen LogP contribution < -0.4 is 10.6 Å². The van der Waals surface area contributed by atoms with Crippen LogP contribution in [0.15, 0.2) is 0 Å². The van der Waals surface area contributed by atoms with E-state index in [0.29, 0.717) is 0 Å². The van der Waals surface area contributed by atoms with Crippen molar-refractivity contribution < 1.29 is 18.0 Å². The molecule has 0 bridgehead atoms. The molecule has 1 aliphatic heterocycles. The molecule has 0 spiro atoms. The second kappa shape index (κ2) is 4.16. The van der Waals surface area contributed by atoms with Crippen molar-refractivity contribution in [2.75, 3.05) is 13.6 Å². The van der Waals surface area contributed by atoms with Crippen LogP contribution in [0, 0.1) is 5.92 Å². The van der Waals surface area contributed by atoms with Crippen molar-refractivity contribution in [2.45, 2.75) is 25.1 Å². The van der Waals surface area contributed by atoms with E-state index < -0.39 is 18.1 Å². The molecule has 0 aromatic heterocycles. The van der Waals surface area contributed by atoms with Crippen LogP contribution in [0.1, 0.15) is 12.8 Å². The molecule has 1 saturated heterocycles. The smallest absolute Gasteiger partial charge is 0.358 e. The molecule has 6 heteroatoms. The Kier molecular flexibility index (Phi) is 3.36. The lowest BCUT2D eigenvalue weighted by molar-refractivity contribution is -0.180. The fourth-order valence-electron chi connectivity index (χ4n) is 1.53. The lowest BCUT2D eigenvalue weighted by atomic mass is 9.94. The largest absolute Gasteiger partial charge is 0.393 e. The lowest BCUT2D eigenvalue weighted by Gasteiger charge is -2.29. The van der Waals surface area contributed by atoms with Gasteiger partial charge in [0.05, 0.1) is 12.0 Å². The van der Waals surface area contributed by atoms with Gasteiger partial charge in [0, 0.05) is 13.6 Å². The number of alkyl halides is 3. The summed E-state index contributed by atoms with van der Waals surface area (Å²) in [4.78, 5) is 11.1. The van der Waals surface area contributed by atoms with Crippen LogP contribution in [-0.2, 0) is 4.79 Å². The Bertz CT molecular complexity index is 209. The van der Waals surface area contributed by atoms with Crippen molar-refractivity contribution in [2.24, 2.45) is 5.92 Å². The van der Waals surface area contributed by atoms with Crippen LogP contribution in [-0.4, -0.2) is 31.7 Å². The van der Waals surface area contributed by atoms with Crippen LogP contribution in [0.3, 0.4) is 0 Å². The molecule has 2 unspecified atom stereocenters. The normalized spacial score (nSPS) is 28.6. The minimum absolute atomic E-state index is 0.0224. The summed E-state index contributed by atoms with van der Waals surface area (Å²) in [5.74, 6) is -1.56. The van der Waals surface area contributed by atoms with E-state index >= 15 is 0 Å². The predicted octanol–water partition coefficient (Wildman–Crippen LogP) is 0.663. The van der Waals surface area contributed by atoms with Crippen molar-refractivity contribution >= 4 is 5.91 Å². The highest BCUT2D eigenvalue weighted by molar-refractivity contribution is 5.81. The highest BCUT2D eigenvalue weighted by Crippen LogP contribution is 2.31. The SMILES string of the molecule is CNC(=O)C1CCC(C(F)(F)F)CN1. The fourth-order valence-corrected chi connectivity index (χ4v) is 1.53. The van der Waals surface area contributed by atoms with Crippen molar-refractivity contribution in [1.29, 1.82) is 0 Å². The molecule has 1 rings (SSSR count). The third kappa shape index (κ3) is 2.60. The second-order valence-electron chi connectivity index (χ2n) is 3.39. The number of carbonyl (C=O) groups excluding carboxylic acids is 1. The Hall–Kier alpha value is -0.780. The number of hydrogen-bond acceptors (Lipinski definition) is 2. The zero-order chi connectivity index (χ0) is 10.8. The van der Waals surface area contributed by atoms with E-state index in [9.17, 15) is 18.0 Å². The van der Waals surface area contributed by atoms with Gasteiger partial charge >= 0.3 is 6.18 Å². The van der Waals surface area contributed by atoms with Gasteiger partial charge in [0.25, 0.3) is 0 Å². The average molecular weight is 210 g/mol. The van der Waals surface area contributed by atoms with Crippen LogP contribution in [0.2, 0.25) is 0 Å². The summed E-state index contributed by atoms with van der Waals surface area (Å²) in [5, 5.41) is 5.00. The highest BCUT2D eigenvalue weighted by Gasteiger charge is 2.42. The molecule has 0 saturated carbocycles. The first-order valence-electron chi connectivity index (χ1n) is 4.47. The number of halogens is 3. The maximum absolute atomic E-state index is 12.2. The molecule has 0 aromatic rings. The van der Waals surface area contributed by atoms with Gasteiger partial charge < -0.3 is 10.6 Å². The molecule has 0 radical (unpaired) electrons. The van der Waals surface area contributed by atoms with Gasteiger partial charge in [-0.05, 0) is 12.8 Å². The van der Waals surface area contributed by atoms with E-state index in [-0.39, 0.29) is 25.3 Å². The number of amides is 1. The van der Waals surface area contributed by atoms with Gasteiger partial charge in [-0.2, -0.15) is 13.2 Å². The molecule has 0 aliphatic carbocycles. The van der Waals surface area contributed by atoms with Crippen LogP contribution in [0.5, 0.6) is 0 Å². The van der Waals surface area contributed by atoms with E-state index in [4.69, 9.17) is 0 Å². The number of piperidine rings is 1. The third-order valence-corrected chi connectivity index (χ3v) is 2.44. The van der Waals surface area contributed by atoms with E-state index in [0.717, 1.165) is 0 Å². The van der Waals surface area contributed by atoms with Gasteiger partial charge in [0.2, 0.25) is 5.91 Å². The van der Waals surface area contributed by atoms with E-state index in [2.05, 4.69) is 10.6 Å². The molecule has 0 aromatic carbocycles. The number of rotatable bonds is 1. The monoisotopic (exact) mass is 210 g/mol. The zero-order valence-corrected chi connectivity index (χ0v) is 7.82. The van der Waals surface area contributed by atoms with E-state index in [1.807, 2.05) is 0 Å². The Balaban J connectivity index is 2.43. The summed E-state index contributed by atoms with van der Waals surface area (Å²) < 4.78 is 36.6. The summed E-state index contributed by atoms with van der Waals surface area (Å²) in [6, 6.07) is -0.474. The number of likely N-dealkylation sites (N-methyl/N-ethyl adjacent to an activating group) is 1. The Morgan fingerprint density at radius 2 is 2.07 bits per heavy atom. The van der Waals surface area contributed by atoms with Gasteiger partial charge in [-0.25, -0.2) is 0 Å². The first-order chi connectivity index (χ1) is 6.45. The molecule has 1 aliphatic rings. The fraction of sp³-hybridized carbons (Fsp3) is 0.875. The third-order valence-electron chi connectivity index (χ3n) is 2.44. The molecule has 82 valence electrons. The van der Waals surface area contributed by atoms with Gasteiger partial charge in [0.1, 0.15) is 0 Å². The second-order valence-corrected chi connectivity index (χ2v) is 3.39. The van der Waals surface area contributed by atoms with Crippen molar-refractivity contribution in [3.05, 3.63) is 0 Å². The van der Waals surface area contributed by atoms with Crippen molar-refractivity contribution in [1.82, 2.24) is 10.6 Å². The Labute approximate surface area is 80.0 Å². The van der Waals surface area contributed by atoms with Crippen LogP contribution in [0.25, 0.3) is 0 Å². The topological polar surface area (TPSA) is 41.1 Å². The molecule has 2 atom stereocenters. The molecule has 1 fully saturated rings. The zero-order valence-electron chi connectivity index (χ0n) is 7.82. The average Bonchev–Trinajstić information content (AvgIpc) is 2.15. The summed E-state index contributed by atoms with van der Waals surface area (Å²) in [7, 11) is 1.47. The van der Waals surface area contributed by atoms with Crippen LogP contribution >= 0.6 is 0 Å². The number of carbonyl (C=O) groups is 1. The van der Waals surface area contributed by atoms with Gasteiger partial charge in [-0.3, -0.25) is 4.79 Å². The lowest BCUT2D eigenvalue weighted by Crippen LogP contribution is -2.50. The Morgan fingerprint density at radius 1 is 1.43 bits per heavy atom. The minimum atomic E-state index is -4.15. The predicted molar refractivity (Wildman–Crippen MR) is 44.6 cm³/mol. The van der Waals surface area contributed by atoms with Crippen molar-refractivity contribution in [3.63, 3.8) is 0 Å². The first-order valence-corrected chi connectivity index (χ1v) is 4.47.